The monoisotopic (exact) mass is 424 g/mol. The highest BCUT2D eigenvalue weighted by molar-refractivity contribution is 7.92. The summed E-state index contributed by atoms with van der Waals surface area (Å²) >= 11 is 0. The van der Waals surface area contributed by atoms with Crippen LogP contribution in [0.5, 0.6) is 5.75 Å². The molecule has 1 amide bonds. The summed E-state index contributed by atoms with van der Waals surface area (Å²) in [4.78, 5) is 12.8. The Morgan fingerprint density at radius 1 is 0.933 bits per heavy atom. The summed E-state index contributed by atoms with van der Waals surface area (Å²) in [7, 11) is -3.89. The topological polar surface area (TPSA) is 75.7 Å². The molecule has 0 heterocycles. The Morgan fingerprint density at radius 2 is 1.60 bits per heavy atom. The maximum atomic E-state index is 13.2. The van der Waals surface area contributed by atoms with Crippen molar-refractivity contribution in [1.82, 2.24) is 5.32 Å². The maximum Gasteiger partial charge on any atom is 0.264 e. The van der Waals surface area contributed by atoms with Gasteiger partial charge in [0.25, 0.3) is 10.0 Å². The molecule has 0 atom stereocenters. The molecule has 0 spiro atoms. The molecular weight excluding hydrogens is 400 g/mol. The first-order valence-corrected chi connectivity index (χ1v) is 11.1. The maximum absolute atomic E-state index is 13.2. The fourth-order valence-corrected chi connectivity index (χ4v) is 4.37. The normalized spacial score (nSPS) is 11.0. The number of carbonyl (C=O) groups is 1. The third-order valence-electron chi connectivity index (χ3n) is 4.36. The van der Waals surface area contributed by atoms with Gasteiger partial charge >= 0.3 is 0 Å². The summed E-state index contributed by atoms with van der Waals surface area (Å²) < 4.78 is 33.0. The van der Waals surface area contributed by atoms with Gasteiger partial charge in [0.1, 0.15) is 12.3 Å². The lowest BCUT2D eigenvalue weighted by Gasteiger charge is -2.24. The second kappa shape index (κ2) is 9.93. The molecule has 3 aromatic carbocycles. The molecule has 0 radical (unpaired) electrons. The molecule has 3 aromatic rings. The minimum absolute atomic E-state index is 0.131. The molecule has 1 N–H and O–H groups in total. The molecule has 0 saturated carbocycles. The number of rotatable bonds is 9. The van der Waals surface area contributed by atoms with Crippen LogP contribution in [0.4, 0.5) is 5.69 Å². The molecule has 0 fully saturated rings. The van der Waals surface area contributed by atoms with E-state index < -0.39 is 15.9 Å². The van der Waals surface area contributed by atoms with E-state index in [1.54, 1.807) is 48.5 Å². The van der Waals surface area contributed by atoms with Crippen molar-refractivity contribution in [1.29, 1.82) is 0 Å². The Kier molecular flexibility index (Phi) is 7.08. The SMILES string of the molecule is CCOc1cccc(CNC(=O)CN(c2ccccc2)S(=O)(=O)c2ccccc2)c1. The van der Waals surface area contributed by atoms with Gasteiger partial charge in [-0.05, 0) is 48.9 Å². The van der Waals surface area contributed by atoms with Crippen LogP contribution >= 0.6 is 0 Å². The lowest BCUT2D eigenvalue weighted by molar-refractivity contribution is -0.119. The number of anilines is 1. The number of amides is 1. The van der Waals surface area contributed by atoms with Crippen LogP contribution in [0.15, 0.2) is 89.8 Å². The Morgan fingerprint density at radius 3 is 2.27 bits per heavy atom. The molecule has 0 aliphatic carbocycles. The van der Waals surface area contributed by atoms with E-state index in [9.17, 15) is 13.2 Å². The van der Waals surface area contributed by atoms with E-state index in [1.807, 2.05) is 31.2 Å². The predicted molar refractivity (Wildman–Crippen MR) is 117 cm³/mol. The molecular formula is C23H24N2O4S. The highest BCUT2D eigenvalue weighted by Gasteiger charge is 2.26. The van der Waals surface area contributed by atoms with Gasteiger partial charge in [0.05, 0.1) is 17.2 Å². The minimum atomic E-state index is -3.89. The molecule has 0 unspecified atom stereocenters. The summed E-state index contributed by atoms with van der Waals surface area (Å²) in [5.74, 6) is 0.321. The number of hydrogen-bond acceptors (Lipinski definition) is 4. The van der Waals surface area contributed by atoms with Gasteiger partial charge in [-0.25, -0.2) is 8.42 Å². The van der Waals surface area contributed by atoms with Gasteiger partial charge < -0.3 is 10.1 Å². The zero-order valence-corrected chi connectivity index (χ0v) is 17.5. The largest absolute Gasteiger partial charge is 0.494 e. The van der Waals surface area contributed by atoms with Crippen LogP contribution in [0.2, 0.25) is 0 Å². The van der Waals surface area contributed by atoms with E-state index in [4.69, 9.17) is 4.74 Å². The molecule has 6 nitrogen and oxygen atoms in total. The van der Waals surface area contributed by atoms with E-state index in [1.165, 1.54) is 12.1 Å². The lowest BCUT2D eigenvalue weighted by Crippen LogP contribution is -2.40. The van der Waals surface area contributed by atoms with Crippen LogP contribution in [0.3, 0.4) is 0 Å². The van der Waals surface area contributed by atoms with E-state index in [0.29, 0.717) is 12.3 Å². The van der Waals surface area contributed by atoms with Crippen molar-refractivity contribution in [2.24, 2.45) is 0 Å². The van der Waals surface area contributed by atoms with Gasteiger partial charge in [-0.1, -0.05) is 48.5 Å². The number of sulfonamides is 1. The number of benzene rings is 3. The zero-order valence-electron chi connectivity index (χ0n) is 16.7. The number of ether oxygens (including phenoxy) is 1. The van der Waals surface area contributed by atoms with Crippen molar-refractivity contribution < 1.29 is 17.9 Å². The quantitative estimate of drug-likeness (QED) is 0.570. The third kappa shape index (κ3) is 5.39. The average molecular weight is 425 g/mol. The number of carbonyl (C=O) groups excluding carboxylic acids is 1. The molecule has 0 saturated heterocycles. The van der Waals surface area contributed by atoms with Crippen molar-refractivity contribution in [3.05, 3.63) is 90.5 Å². The van der Waals surface area contributed by atoms with Gasteiger partial charge in [-0.3, -0.25) is 9.10 Å². The lowest BCUT2D eigenvalue weighted by atomic mass is 10.2. The number of nitrogens with one attached hydrogen (secondary N) is 1. The first-order valence-electron chi connectivity index (χ1n) is 9.62. The van der Waals surface area contributed by atoms with Crippen LogP contribution in [-0.2, 0) is 21.4 Å². The summed E-state index contributed by atoms with van der Waals surface area (Å²) in [6, 6.07) is 24.1. The first-order chi connectivity index (χ1) is 14.5. The van der Waals surface area contributed by atoms with Crippen LogP contribution in [0, 0.1) is 0 Å². The van der Waals surface area contributed by atoms with E-state index in [2.05, 4.69) is 5.32 Å². The van der Waals surface area contributed by atoms with Crippen molar-refractivity contribution in [2.45, 2.75) is 18.4 Å². The van der Waals surface area contributed by atoms with Crippen molar-refractivity contribution in [3.8, 4) is 5.75 Å². The molecule has 0 aromatic heterocycles. The number of para-hydroxylation sites is 1. The summed E-state index contributed by atoms with van der Waals surface area (Å²) in [6.07, 6.45) is 0. The van der Waals surface area contributed by atoms with E-state index in [0.717, 1.165) is 15.6 Å². The fourth-order valence-electron chi connectivity index (χ4n) is 2.93. The molecule has 156 valence electrons. The summed E-state index contributed by atoms with van der Waals surface area (Å²) in [5, 5.41) is 2.79. The second-order valence-corrected chi connectivity index (χ2v) is 8.38. The van der Waals surface area contributed by atoms with Gasteiger partial charge in [-0.15, -0.1) is 0 Å². The molecule has 7 heteroatoms. The second-order valence-electron chi connectivity index (χ2n) is 6.52. The van der Waals surface area contributed by atoms with E-state index >= 15 is 0 Å². The Balaban J connectivity index is 1.77. The Labute approximate surface area is 177 Å². The molecule has 0 aliphatic rings. The highest BCUT2D eigenvalue weighted by atomic mass is 32.2. The number of nitrogens with zero attached hydrogens (tertiary/aromatic N) is 1. The zero-order chi connectivity index (χ0) is 21.4. The number of hydrogen-bond donors (Lipinski definition) is 1. The van der Waals surface area contributed by atoms with Crippen molar-refractivity contribution in [2.75, 3.05) is 17.5 Å². The van der Waals surface area contributed by atoms with Crippen molar-refractivity contribution >= 4 is 21.6 Å². The van der Waals surface area contributed by atoms with Crippen LogP contribution < -0.4 is 14.4 Å². The fraction of sp³-hybridized carbons (Fsp3) is 0.174. The van der Waals surface area contributed by atoms with E-state index in [-0.39, 0.29) is 18.0 Å². The van der Waals surface area contributed by atoms with Crippen LogP contribution in [0.25, 0.3) is 0 Å². The predicted octanol–water partition coefficient (Wildman–Crippen LogP) is 3.60. The van der Waals surface area contributed by atoms with Gasteiger partial charge in [0.2, 0.25) is 5.91 Å². The highest BCUT2D eigenvalue weighted by Crippen LogP contribution is 2.23. The van der Waals surface area contributed by atoms with Crippen LogP contribution in [0.1, 0.15) is 12.5 Å². The average Bonchev–Trinajstić information content (AvgIpc) is 2.78. The third-order valence-corrected chi connectivity index (χ3v) is 6.15. The summed E-state index contributed by atoms with van der Waals surface area (Å²) in [5.41, 5.74) is 1.29. The Hall–Kier alpha value is -3.32. The standard InChI is InChI=1S/C23H24N2O4S/c1-2-29-21-13-9-10-19(16-21)17-24-23(26)18-25(20-11-5-3-6-12-20)30(27,28)22-14-7-4-8-15-22/h3-16H,2,17-18H2,1H3,(H,24,26). The van der Waals surface area contributed by atoms with Crippen LogP contribution in [-0.4, -0.2) is 27.5 Å². The smallest absolute Gasteiger partial charge is 0.264 e. The molecule has 0 aliphatic heterocycles. The van der Waals surface area contributed by atoms with Crippen molar-refractivity contribution in [3.63, 3.8) is 0 Å². The minimum Gasteiger partial charge on any atom is -0.494 e. The Bertz CT molecular complexity index is 1070. The van der Waals surface area contributed by atoms with Gasteiger partial charge in [0, 0.05) is 6.54 Å². The van der Waals surface area contributed by atoms with Gasteiger partial charge in [-0.2, -0.15) is 0 Å². The van der Waals surface area contributed by atoms with Gasteiger partial charge in [0.15, 0.2) is 0 Å². The first kappa shape index (κ1) is 21.4. The molecule has 30 heavy (non-hydrogen) atoms. The summed E-state index contributed by atoms with van der Waals surface area (Å²) in [6.45, 7) is 2.40. The molecule has 0 bridgehead atoms. The molecule has 3 rings (SSSR count).